The fraction of sp³-hybridized carbons (Fsp3) is 0.667. The number of ether oxygens (including phenoxy) is 2. The molecular formula is C18H30O2. The summed E-state index contributed by atoms with van der Waals surface area (Å²) < 4.78 is 11.4. The van der Waals surface area contributed by atoms with Crippen molar-refractivity contribution in [3.63, 3.8) is 0 Å². The normalized spacial score (nSPS) is 12.3. The Morgan fingerprint density at radius 3 is 2.25 bits per heavy atom. The number of hydrogen-bond donors (Lipinski definition) is 0. The van der Waals surface area contributed by atoms with Gasteiger partial charge in [-0.05, 0) is 25.5 Å². The van der Waals surface area contributed by atoms with Gasteiger partial charge in [-0.1, -0.05) is 63.6 Å². The predicted molar refractivity (Wildman–Crippen MR) is 85.3 cm³/mol. The minimum atomic E-state index is 0.162. The van der Waals surface area contributed by atoms with Gasteiger partial charge in [0.15, 0.2) is 0 Å². The van der Waals surface area contributed by atoms with Crippen molar-refractivity contribution < 1.29 is 9.47 Å². The average Bonchev–Trinajstić information content (AvgIpc) is 2.49. The first kappa shape index (κ1) is 17.0. The third kappa shape index (κ3) is 8.98. The fourth-order valence-electron chi connectivity index (χ4n) is 2.12. The molecule has 0 saturated carbocycles. The summed E-state index contributed by atoms with van der Waals surface area (Å²) in [7, 11) is 0. The van der Waals surface area contributed by atoms with E-state index in [1.54, 1.807) is 0 Å². The zero-order valence-electron chi connectivity index (χ0n) is 13.1. The first-order valence-electron chi connectivity index (χ1n) is 8.12. The van der Waals surface area contributed by atoms with Crippen molar-refractivity contribution in [3.8, 4) is 5.75 Å². The number of benzene rings is 1. The van der Waals surface area contributed by atoms with Gasteiger partial charge < -0.3 is 9.47 Å². The van der Waals surface area contributed by atoms with Crippen LogP contribution in [0.25, 0.3) is 0 Å². The Kier molecular flexibility index (Phi) is 10.0. The first-order chi connectivity index (χ1) is 9.83. The van der Waals surface area contributed by atoms with Crippen LogP contribution in [0.5, 0.6) is 5.75 Å². The predicted octanol–water partition coefficient (Wildman–Crippen LogP) is 5.22. The average molecular weight is 278 g/mol. The standard InChI is InChI=1S/C18H30O2/c1-3-4-5-6-7-8-12-15-19-17(2)16-20-18-13-10-9-11-14-18/h9-11,13-14,17H,3-8,12,15-16H2,1-2H3. The van der Waals surface area contributed by atoms with Crippen molar-refractivity contribution in [1.82, 2.24) is 0 Å². The summed E-state index contributed by atoms with van der Waals surface area (Å²) in [5.41, 5.74) is 0. The van der Waals surface area contributed by atoms with Gasteiger partial charge in [0.05, 0.1) is 6.10 Å². The van der Waals surface area contributed by atoms with Crippen LogP contribution in [0, 0.1) is 0 Å². The molecule has 0 spiro atoms. The van der Waals surface area contributed by atoms with E-state index in [0.717, 1.165) is 12.4 Å². The van der Waals surface area contributed by atoms with Gasteiger partial charge >= 0.3 is 0 Å². The van der Waals surface area contributed by atoms with Crippen LogP contribution in [0.2, 0.25) is 0 Å². The van der Waals surface area contributed by atoms with Crippen molar-refractivity contribution in [3.05, 3.63) is 30.3 Å². The van der Waals surface area contributed by atoms with Crippen molar-refractivity contribution in [2.45, 2.75) is 64.9 Å². The van der Waals surface area contributed by atoms with E-state index < -0.39 is 0 Å². The van der Waals surface area contributed by atoms with Crippen molar-refractivity contribution in [1.29, 1.82) is 0 Å². The zero-order chi connectivity index (χ0) is 14.5. The number of para-hydroxylation sites is 1. The zero-order valence-corrected chi connectivity index (χ0v) is 13.1. The van der Waals surface area contributed by atoms with E-state index in [-0.39, 0.29) is 6.10 Å². The Morgan fingerprint density at radius 1 is 0.900 bits per heavy atom. The molecule has 0 radical (unpaired) electrons. The highest BCUT2D eigenvalue weighted by molar-refractivity contribution is 5.20. The maximum absolute atomic E-state index is 5.77. The molecular weight excluding hydrogens is 248 g/mol. The molecule has 0 aliphatic heterocycles. The lowest BCUT2D eigenvalue weighted by atomic mass is 10.1. The van der Waals surface area contributed by atoms with Crippen LogP contribution in [-0.4, -0.2) is 19.3 Å². The molecule has 0 aromatic heterocycles. The second kappa shape index (κ2) is 11.8. The third-order valence-corrected chi connectivity index (χ3v) is 3.38. The molecule has 2 heteroatoms. The number of rotatable bonds is 12. The second-order valence-electron chi connectivity index (χ2n) is 5.43. The molecule has 20 heavy (non-hydrogen) atoms. The van der Waals surface area contributed by atoms with Crippen LogP contribution >= 0.6 is 0 Å². The molecule has 0 saturated heterocycles. The summed E-state index contributed by atoms with van der Waals surface area (Å²) >= 11 is 0. The topological polar surface area (TPSA) is 18.5 Å². The van der Waals surface area contributed by atoms with Crippen LogP contribution in [-0.2, 0) is 4.74 Å². The molecule has 1 atom stereocenters. The Balaban J connectivity index is 1.91. The molecule has 0 heterocycles. The Morgan fingerprint density at radius 2 is 1.55 bits per heavy atom. The van der Waals surface area contributed by atoms with Gasteiger partial charge in [0.1, 0.15) is 12.4 Å². The van der Waals surface area contributed by atoms with E-state index in [9.17, 15) is 0 Å². The van der Waals surface area contributed by atoms with Gasteiger partial charge in [-0.25, -0.2) is 0 Å². The summed E-state index contributed by atoms with van der Waals surface area (Å²) in [6.45, 7) is 5.81. The third-order valence-electron chi connectivity index (χ3n) is 3.38. The van der Waals surface area contributed by atoms with E-state index in [1.807, 2.05) is 30.3 Å². The highest BCUT2D eigenvalue weighted by Gasteiger charge is 2.03. The monoisotopic (exact) mass is 278 g/mol. The maximum atomic E-state index is 5.77. The smallest absolute Gasteiger partial charge is 0.119 e. The minimum absolute atomic E-state index is 0.162. The first-order valence-corrected chi connectivity index (χ1v) is 8.12. The van der Waals surface area contributed by atoms with E-state index in [2.05, 4.69) is 13.8 Å². The van der Waals surface area contributed by atoms with Gasteiger partial charge in [0.25, 0.3) is 0 Å². The highest BCUT2D eigenvalue weighted by atomic mass is 16.5. The van der Waals surface area contributed by atoms with E-state index in [1.165, 1.54) is 44.9 Å². The highest BCUT2D eigenvalue weighted by Crippen LogP contribution is 2.10. The van der Waals surface area contributed by atoms with Crippen LogP contribution in [0.15, 0.2) is 30.3 Å². The van der Waals surface area contributed by atoms with E-state index in [0.29, 0.717) is 6.61 Å². The maximum Gasteiger partial charge on any atom is 0.119 e. The molecule has 0 bridgehead atoms. The van der Waals surface area contributed by atoms with Crippen LogP contribution in [0.3, 0.4) is 0 Å². The van der Waals surface area contributed by atoms with Gasteiger partial charge in [0.2, 0.25) is 0 Å². The molecule has 1 rings (SSSR count). The Hall–Kier alpha value is -1.02. The lowest BCUT2D eigenvalue weighted by molar-refractivity contribution is 0.0302. The molecule has 1 aromatic rings. The molecule has 1 unspecified atom stereocenters. The van der Waals surface area contributed by atoms with Crippen LogP contribution in [0.4, 0.5) is 0 Å². The molecule has 0 N–H and O–H groups in total. The van der Waals surface area contributed by atoms with Crippen molar-refractivity contribution in [2.24, 2.45) is 0 Å². The van der Waals surface area contributed by atoms with Gasteiger partial charge in [-0.15, -0.1) is 0 Å². The largest absolute Gasteiger partial charge is 0.491 e. The van der Waals surface area contributed by atoms with Crippen LogP contribution in [0.1, 0.15) is 58.8 Å². The fourth-order valence-corrected chi connectivity index (χ4v) is 2.12. The summed E-state index contributed by atoms with van der Waals surface area (Å²) in [4.78, 5) is 0. The summed E-state index contributed by atoms with van der Waals surface area (Å²) in [6, 6.07) is 9.91. The lowest BCUT2D eigenvalue weighted by Crippen LogP contribution is -2.18. The summed E-state index contributed by atoms with van der Waals surface area (Å²) in [6.07, 6.45) is 9.43. The Labute approximate surface area is 124 Å². The molecule has 0 fully saturated rings. The molecule has 0 amide bonds. The van der Waals surface area contributed by atoms with Gasteiger partial charge in [-0.3, -0.25) is 0 Å². The molecule has 0 aliphatic rings. The lowest BCUT2D eigenvalue weighted by Gasteiger charge is -2.14. The van der Waals surface area contributed by atoms with Gasteiger partial charge in [-0.2, -0.15) is 0 Å². The van der Waals surface area contributed by atoms with Crippen molar-refractivity contribution in [2.75, 3.05) is 13.2 Å². The molecule has 2 nitrogen and oxygen atoms in total. The Bertz CT molecular complexity index is 310. The molecule has 114 valence electrons. The number of hydrogen-bond acceptors (Lipinski definition) is 2. The second-order valence-corrected chi connectivity index (χ2v) is 5.43. The summed E-state index contributed by atoms with van der Waals surface area (Å²) in [5.74, 6) is 0.916. The van der Waals surface area contributed by atoms with Gasteiger partial charge in [0, 0.05) is 6.61 Å². The summed E-state index contributed by atoms with van der Waals surface area (Å²) in [5, 5.41) is 0. The van der Waals surface area contributed by atoms with Crippen molar-refractivity contribution >= 4 is 0 Å². The number of unbranched alkanes of at least 4 members (excludes halogenated alkanes) is 6. The molecule has 1 aromatic carbocycles. The molecule has 0 aliphatic carbocycles. The quantitative estimate of drug-likeness (QED) is 0.488. The van der Waals surface area contributed by atoms with E-state index >= 15 is 0 Å². The van der Waals surface area contributed by atoms with Crippen LogP contribution < -0.4 is 4.74 Å². The SMILES string of the molecule is CCCCCCCCCOC(C)COc1ccccc1. The minimum Gasteiger partial charge on any atom is -0.491 e. The van der Waals surface area contributed by atoms with E-state index in [4.69, 9.17) is 9.47 Å².